The molecule has 0 saturated heterocycles. The van der Waals surface area contributed by atoms with Gasteiger partial charge in [0.25, 0.3) is 11.4 Å². The number of ether oxygens (including phenoxy) is 2. The van der Waals surface area contributed by atoms with E-state index >= 15 is 0 Å². The van der Waals surface area contributed by atoms with Crippen molar-refractivity contribution in [3.63, 3.8) is 0 Å². The lowest BCUT2D eigenvalue weighted by atomic mass is 10.0. The lowest BCUT2D eigenvalue weighted by molar-refractivity contribution is -0.396. The summed E-state index contributed by atoms with van der Waals surface area (Å²) < 4.78 is 38.9. The molecule has 0 aromatic heterocycles. The van der Waals surface area contributed by atoms with Gasteiger partial charge in [0.2, 0.25) is 15.6 Å². The molecular formula is C27H35N3O9S. The molecule has 13 heteroatoms. The van der Waals surface area contributed by atoms with Crippen LogP contribution in [0.4, 0.5) is 11.4 Å². The highest BCUT2D eigenvalue weighted by Crippen LogP contribution is 2.31. The number of nitro benzene ring substituents is 2. The van der Waals surface area contributed by atoms with Crippen LogP contribution in [0.2, 0.25) is 0 Å². The number of nitro groups is 2. The third kappa shape index (κ3) is 8.33. The van der Waals surface area contributed by atoms with Crippen LogP contribution < -0.4 is 4.74 Å². The number of methoxy groups -OCH3 is 1. The molecule has 0 saturated carbocycles. The number of non-ortho nitro benzene ring substituents is 1. The Morgan fingerprint density at radius 3 is 2.27 bits per heavy atom. The summed E-state index contributed by atoms with van der Waals surface area (Å²) in [6, 6.07) is 9.29. The molecule has 40 heavy (non-hydrogen) atoms. The second-order valence-corrected chi connectivity index (χ2v) is 11.1. The smallest absolute Gasteiger partial charge is 0.349 e. The topological polar surface area (TPSA) is 159 Å². The SMILES string of the molecule is CCCCC=CCN(CCc1ccc(OC(C)(CC)C(=O)OC)cc1)S(=O)(=O)c1ccc([N+](=O)[O-])cc1[N+](=O)[O-]. The van der Waals surface area contributed by atoms with Crippen molar-refractivity contribution >= 4 is 27.4 Å². The molecule has 0 amide bonds. The summed E-state index contributed by atoms with van der Waals surface area (Å²) in [5.74, 6) is -0.0735. The summed E-state index contributed by atoms with van der Waals surface area (Å²) in [6.07, 6.45) is 6.86. The van der Waals surface area contributed by atoms with Crippen LogP contribution in [0, 0.1) is 20.2 Å². The Balaban J connectivity index is 2.32. The first-order valence-corrected chi connectivity index (χ1v) is 14.3. The quantitative estimate of drug-likeness (QED) is 0.0858. The average Bonchev–Trinajstić information content (AvgIpc) is 2.94. The molecule has 0 radical (unpaired) electrons. The van der Waals surface area contributed by atoms with E-state index in [0.29, 0.717) is 18.2 Å². The fourth-order valence-corrected chi connectivity index (χ4v) is 5.30. The van der Waals surface area contributed by atoms with Gasteiger partial charge in [0.15, 0.2) is 4.90 Å². The number of rotatable bonds is 16. The maximum absolute atomic E-state index is 13.6. The minimum atomic E-state index is -4.39. The summed E-state index contributed by atoms with van der Waals surface area (Å²) in [7, 11) is -3.10. The van der Waals surface area contributed by atoms with Gasteiger partial charge >= 0.3 is 5.97 Å². The fraction of sp³-hybridized carbons (Fsp3) is 0.444. The van der Waals surface area contributed by atoms with Gasteiger partial charge in [-0.15, -0.1) is 0 Å². The van der Waals surface area contributed by atoms with E-state index in [1.165, 1.54) is 7.11 Å². The summed E-state index contributed by atoms with van der Waals surface area (Å²) in [5.41, 5.74) is -1.84. The Labute approximate surface area is 233 Å². The first kappa shape index (κ1) is 32.4. The molecule has 0 bridgehead atoms. The zero-order valence-corrected chi connectivity index (χ0v) is 23.9. The first-order chi connectivity index (χ1) is 18.9. The molecule has 0 heterocycles. The molecule has 2 aromatic rings. The Morgan fingerprint density at radius 1 is 1.05 bits per heavy atom. The Kier molecular flexibility index (Phi) is 11.7. The van der Waals surface area contributed by atoms with E-state index in [9.17, 15) is 33.4 Å². The van der Waals surface area contributed by atoms with Crippen LogP contribution in [-0.4, -0.2) is 54.3 Å². The minimum Gasteiger partial charge on any atom is -0.476 e. The largest absolute Gasteiger partial charge is 0.476 e. The Morgan fingerprint density at radius 2 is 1.73 bits per heavy atom. The number of allylic oxidation sites excluding steroid dienone is 1. The van der Waals surface area contributed by atoms with E-state index in [1.807, 2.05) is 13.0 Å². The van der Waals surface area contributed by atoms with Gasteiger partial charge in [0.05, 0.1) is 23.0 Å². The number of benzene rings is 2. The van der Waals surface area contributed by atoms with Crippen molar-refractivity contribution in [3.05, 3.63) is 80.4 Å². The van der Waals surface area contributed by atoms with E-state index in [-0.39, 0.29) is 19.5 Å². The standard InChI is InChI=1S/C27H35N3O9S/c1-5-7-8-9-10-18-28(40(36,37)25-16-13-22(29(32)33)20-24(25)30(34)35)19-17-21-11-14-23(15-12-21)39-27(3,6-2)26(31)38-4/h9-16,20H,5-8,17-19H2,1-4H3. The normalized spacial score (nSPS) is 13.2. The molecule has 0 fully saturated rings. The number of sulfonamides is 1. The molecule has 218 valence electrons. The van der Waals surface area contributed by atoms with Gasteiger partial charge < -0.3 is 9.47 Å². The van der Waals surface area contributed by atoms with Gasteiger partial charge in [-0.05, 0) is 49.9 Å². The van der Waals surface area contributed by atoms with Crippen LogP contribution in [-0.2, 0) is 26.0 Å². The maximum Gasteiger partial charge on any atom is 0.349 e. The molecule has 12 nitrogen and oxygen atoms in total. The Hall–Kier alpha value is -3.84. The van der Waals surface area contributed by atoms with Gasteiger partial charge in [-0.3, -0.25) is 20.2 Å². The van der Waals surface area contributed by atoms with Gasteiger partial charge in [-0.2, -0.15) is 4.31 Å². The average molecular weight is 578 g/mol. The number of carbonyl (C=O) groups excluding carboxylic acids is 1. The molecule has 1 atom stereocenters. The van der Waals surface area contributed by atoms with Gasteiger partial charge in [-0.25, -0.2) is 13.2 Å². The van der Waals surface area contributed by atoms with E-state index < -0.39 is 47.7 Å². The van der Waals surface area contributed by atoms with Gasteiger partial charge in [0.1, 0.15) is 5.75 Å². The van der Waals surface area contributed by atoms with E-state index in [4.69, 9.17) is 9.47 Å². The zero-order valence-electron chi connectivity index (χ0n) is 23.1. The number of esters is 1. The van der Waals surface area contributed by atoms with Crippen molar-refractivity contribution in [3.8, 4) is 5.75 Å². The van der Waals surface area contributed by atoms with E-state index in [1.54, 1.807) is 44.2 Å². The third-order valence-corrected chi connectivity index (χ3v) is 8.29. The third-order valence-electron chi connectivity index (χ3n) is 6.38. The molecule has 1 unspecified atom stereocenters. The van der Waals surface area contributed by atoms with E-state index in [2.05, 4.69) is 0 Å². The fourth-order valence-electron chi connectivity index (χ4n) is 3.77. The highest BCUT2D eigenvalue weighted by Gasteiger charge is 2.35. The van der Waals surface area contributed by atoms with Crippen molar-refractivity contribution in [2.75, 3.05) is 20.2 Å². The molecule has 0 aliphatic heterocycles. The van der Waals surface area contributed by atoms with Crippen molar-refractivity contribution in [2.45, 2.75) is 63.4 Å². The summed E-state index contributed by atoms with van der Waals surface area (Å²) in [6.45, 7) is 5.42. The predicted molar refractivity (Wildman–Crippen MR) is 149 cm³/mol. The van der Waals surface area contributed by atoms with Crippen molar-refractivity contribution in [2.24, 2.45) is 0 Å². The minimum absolute atomic E-state index is 0.0103. The van der Waals surface area contributed by atoms with Gasteiger partial charge in [-0.1, -0.05) is 51.0 Å². The van der Waals surface area contributed by atoms with Crippen LogP contribution >= 0.6 is 0 Å². The van der Waals surface area contributed by atoms with E-state index in [0.717, 1.165) is 41.3 Å². The summed E-state index contributed by atoms with van der Waals surface area (Å²) in [4.78, 5) is 32.5. The van der Waals surface area contributed by atoms with Crippen molar-refractivity contribution < 1.29 is 32.5 Å². The van der Waals surface area contributed by atoms with Crippen LogP contribution in [0.1, 0.15) is 52.0 Å². The van der Waals surface area contributed by atoms with Gasteiger partial charge in [0, 0.05) is 19.2 Å². The monoisotopic (exact) mass is 577 g/mol. The molecule has 0 aliphatic carbocycles. The number of unbranched alkanes of at least 4 members (excludes halogenated alkanes) is 2. The first-order valence-electron chi connectivity index (χ1n) is 12.8. The molecule has 0 N–H and O–H groups in total. The number of nitrogens with zero attached hydrogens (tertiary/aromatic N) is 3. The van der Waals surface area contributed by atoms with Crippen molar-refractivity contribution in [1.82, 2.24) is 4.31 Å². The maximum atomic E-state index is 13.6. The highest BCUT2D eigenvalue weighted by atomic mass is 32.2. The highest BCUT2D eigenvalue weighted by molar-refractivity contribution is 7.89. The second kappa shape index (κ2) is 14.5. The summed E-state index contributed by atoms with van der Waals surface area (Å²) in [5, 5.41) is 22.7. The molecule has 0 aliphatic rings. The number of hydrogen-bond acceptors (Lipinski definition) is 9. The Bertz CT molecular complexity index is 1330. The lowest BCUT2D eigenvalue weighted by Gasteiger charge is -2.26. The zero-order chi connectivity index (χ0) is 29.9. The summed E-state index contributed by atoms with van der Waals surface area (Å²) >= 11 is 0. The molecule has 0 spiro atoms. The number of carbonyl (C=O) groups is 1. The molecular weight excluding hydrogens is 542 g/mol. The predicted octanol–water partition coefficient (Wildman–Crippen LogP) is 5.20. The number of hydrogen-bond donors (Lipinski definition) is 0. The van der Waals surface area contributed by atoms with Crippen molar-refractivity contribution in [1.29, 1.82) is 0 Å². The molecule has 2 aromatic carbocycles. The lowest BCUT2D eigenvalue weighted by Crippen LogP contribution is -2.41. The molecule has 2 rings (SSSR count). The second-order valence-electron chi connectivity index (χ2n) is 9.21. The van der Waals surface area contributed by atoms with Crippen LogP contribution in [0.5, 0.6) is 5.75 Å². The van der Waals surface area contributed by atoms with Crippen LogP contribution in [0.25, 0.3) is 0 Å². The van der Waals surface area contributed by atoms with Crippen LogP contribution in [0.15, 0.2) is 59.5 Å². The van der Waals surface area contributed by atoms with Crippen LogP contribution in [0.3, 0.4) is 0 Å².